The molecule has 3 aliphatic rings. The van der Waals surface area contributed by atoms with Crippen LogP contribution in [0.25, 0.3) is 0 Å². The molecule has 0 spiro atoms. The predicted molar refractivity (Wildman–Crippen MR) is 114 cm³/mol. The summed E-state index contributed by atoms with van der Waals surface area (Å²) in [6, 6.07) is 11.7. The number of hydrogen-bond donors (Lipinski definition) is 1. The number of benzene rings is 2. The van der Waals surface area contributed by atoms with Gasteiger partial charge < -0.3 is 14.8 Å². The summed E-state index contributed by atoms with van der Waals surface area (Å²) >= 11 is 0. The maximum Gasteiger partial charge on any atom is 0.255 e. The van der Waals surface area contributed by atoms with E-state index in [2.05, 4.69) is 17.5 Å². The zero-order chi connectivity index (χ0) is 21.7. The lowest BCUT2D eigenvalue weighted by Gasteiger charge is -2.18. The Balaban J connectivity index is 1.39. The largest absolute Gasteiger partial charge is 0.497 e. The number of nitrogens with zero attached hydrogens (tertiary/aromatic N) is 1. The molecule has 1 saturated heterocycles. The number of amides is 3. The minimum Gasteiger partial charge on any atom is -0.497 e. The van der Waals surface area contributed by atoms with Crippen LogP contribution in [0.1, 0.15) is 16.8 Å². The summed E-state index contributed by atoms with van der Waals surface area (Å²) in [6.07, 6.45) is 5.01. The third-order valence-corrected chi connectivity index (χ3v) is 6.49. The zero-order valence-electron chi connectivity index (χ0n) is 17.2. The number of allylic oxidation sites excluding steroid dienone is 2. The van der Waals surface area contributed by atoms with Gasteiger partial charge in [0.2, 0.25) is 11.8 Å². The van der Waals surface area contributed by atoms with Crippen LogP contribution in [0.15, 0.2) is 54.6 Å². The fourth-order valence-corrected chi connectivity index (χ4v) is 5.04. The van der Waals surface area contributed by atoms with Crippen molar-refractivity contribution >= 4 is 29.1 Å². The summed E-state index contributed by atoms with van der Waals surface area (Å²) in [4.78, 5) is 40.2. The molecule has 1 heterocycles. The van der Waals surface area contributed by atoms with E-state index in [-0.39, 0.29) is 41.4 Å². The number of carbonyl (C=O) groups excluding carboxylic acids is 3. The summed E-state index contributed by atoms with van der Waals surface area (Å²) < 4.78 is 10.5. The molecule has 158 valence electrons. The molecule has 0 unspecified atom stereocenters. The Labute approximate surface area is 179 Å². The first-order chi connectivity index (χ1) is 15.0. The molecule has 2 aliphatic carbocycles. The lowest BCUT2D eigenvalue weighted by Crippen LogP contribution is -2.33. The average Bonchev–Trinajstić information content (AvgIpc) is 3.47. The molecule has 31 heavy (non-hydrogen) atoms. The van der Waals surface area contributed by atoms with Crippen molar-refractivity contribution in [2.24, 2.45) is 23.7 Å². The zero-order valence-corrected chi connectivity index (χ0v) is 17.2. The van der Waals surface area contributed by atoms with Crippen LogP contribution in [0.2, 0.25) is 0 Å². The summed E-state index contributed by atoms with van der Waals surface area (Å²) in [6.45, 7) is 0. The van der Waals surface area contributed by atoms with Crippen LogP contribution in [0.4, 0.5) is 11.4 Å². The van der Waals surface area contributed by atoms with Gasteiger partial charge in [0, 0.05) is 11.6 Å². The van der Waals surface area contributed by atoms with Crippen LogP contribution >= 0.6 is 0 Å². The van der Waals surface area contributed by atoms with Crippen LogP contribution in [0.5, 0.6) is 11.5 Å². The summed E-state index contributed by atoms with van der Waals surface area (Å²) in [5.41, 5.74) is 1.26. The Morgan fingerprint density at radius 3 is 2.32 bits per heavy atom. The SMILES string of the molecule is COc1ccc(NC(=O)c2cccc(N3C(=O)[C@@H]4[C@H](C3=O)[C@@H]3C=C[C@H]4C3)c2)c(OC)c1. The maximum atomic E-state index is 13.0. The second-order valence-electron chi connectivity index (χ2n) is 8.08. The lowest BCUT2D eigenvalue weighted by atomic mass is 9.85. The summed E-state index contributed by atoms with van der Waals surface area (Å²) in [7, 11) is 3.06. The van der Waals surface area contributed by atoms with Gasteiger partial charge in [-0.3, -0.25) is 14.4 Å². The first kappa shape index (κ1) is 19.4. The fraction of sp³-hybridized carbons (Fsp3) is 0.292. The lowest BCUT2D eigenvalue weighted by molar-refractivity contribution is -0.123. The predicted octanol–water partition coefficient (Wildman–Crippen LogP) is 3.27. The van der Waals surface area contributed by atoms with Crippen molar-refractivity contribution in [3.63, 3.8) is 0 Å². The van der Waals surface area contributed by atoms with E-state index in [1.807, 2.05) is 0 Å². The third-order valence-electron chi connectivity index (χ3n) is 6.49. The highest BCUT2D eigenvalue weighted by atomic mass is 16.5. The quantitative estimate of drug-likeness (QED) is 0.595. The molecule has 0 radical (unpaired) electrons. The highest BCUT2D eigenvalue weighted by Crippen LogP contribution is 2.53. The first-order valence-corrected chi connectivity index (χ1v) is 10.2. The van der Waals surface area contributed by atoms with Gasteiger partial charge in [0.1, 0.15) is 11.5 Å². The van der Waals surface area contributed by atoms with E-state index < -0.39 is 0 Å². The molecule has 2 bridgehead atoms. The minimum absolute atomic E-state index is 0.144. The van der Waals surface area contributed by atoms with Crippen molar-refractivity contribution in [2.75, 3.05) is 24.4 Å². The van der Waals surface area contributed by atoms with E-state index >= 15 is 0 Å². The highest BCUT2D eigenvalue weighted by Gasteiger charge is 2.59. The van der Waals surface area contributed by atoms with Crippen LogP contribution in [0.3, 0.4) is 0 Å². The highest BCUT2D eigenvalue weighted by molar-refractivity contribution is 6.23. The smallest absolute Gasteiger partial charge is 0.255 e. The monoisotopic (exact) mass is 418 g/mol. The normalized spacial score (nSPS) is 25.7. The number of hydrogen-bond acceptors (Lipinski definition) is 5. The fourth-order valence-electron chi connectivity index (χ4n) is 5.04. The number of ether oxygens (including phenoxy) is 2. The van der Waals surface area contributed by atoms with Crippen LogP contribution in [0, 0.1) is 23.7 Å². The molecular formula is C24H22N2O5. The second kappa shape index (κ2) is 7.27. The topological polar surface area (TPSA) is 84.9 Å². The molecule has 7 nitrogen and oxygen atoms in total. The average molecular weight is 418 g/mol. The number of anilines is 2. The van der Waals surface area contributed by atoms with Crippen molar-refractivity contribution in [2.45, 2.75) is 6.42 Å². The van der Waals surface area contributed by atoms with Crippen LogP contribution in [-0.2, 0) is 9.59 Å². The van der Waals surface area contributed by atoms with E-state index in [0.29, 0.717) is 28.4 Å². The van der Waals surface area contributed by atoms with Gasteiger partial charge in [-0.25, -0.2) is 4.90 Å². The maximum absolute atomic E-state index is 13.0. The standard InChI is InChI=1S/C24H22N2O5/c1-30-17-8-9-18(19(12-17)31-2)25-22(27)15-4-3-5-16(11-15)26-23(28)20-13-6-7-14(10-13)21(20)24(26)29/h3-9,11-14,20-21H,10H2,1-2H3,(H,25,27)/t13-,14+,20-,21+. The van der Waals surface area contributed by atoms with Gasteiger partial charge in [0.25, 0.3) is 5.91 Å². The van der Waals surface area contributed by atoms with E-state index in [0.717, 1.165) is 6.42 Å². The van der Waals surface area contributed by atoms with Gasteiger partial charge >= 0.3 is 0 Å². The number of imide groups is 1. The Morgan fingerprint density at radius 2 is 1.68 bits per heavy atom. The van der Waals surface area contributed by atoms with Gasteiger partial charge in [-0.1, -0.05) is 18.2 Å². The number of carbonyl (C=O) groups is 3. The molecule has 7 heteroatoms. The Morgan fingerprint density at radius 1 is 0.968 bits per heavy atom. The van der Waals surface area contributed by atoms with E-state index in [1.165, 1.54) is 12.0 Å². The Kier molecular flexibility index (Phi) is 4.54. The molecule has 4 atom stereocenters. The number of methoxy groups -OCH3 is 2. The van der Waals surface area contributed by atoms with Crippen LogP contribution < -0.4 is 19.7 Å². The van der Waals surface area contributed by atoms with Crippen molar-refractivity contribution < 1.29 is 23.9 Å². The van der Waals surface area contributed by atoms with Crippen molar-refractivity contribution in [1.29, 1.82) is 0 Å². The molecule has 5 rings (SSSR count). The molecular weight excluding hydrogens is 396 g/mol. The Hall–Kier alpha value is -3.61. The first-order valence-electron chi connectivity index (χ1n) is 10.2. The number of fused-ring (bicyclic) bond motifs is 5. The van der Waals surface area contributed by atoms with Gasteiger partial charge in [0.05, 0.1) is 37.4 Å². The molecule has 2 aromatic rings. The third kappa shape index (κ3) is 3.00. The molecule has 3 amide bonds. The number of nitrogens with one attached hydrogen (secondary N) is 1. The van der Waals surface area contributed by atoms with Crippen LogP contribution in [-0.4, -0.2) is 31.9 Å². The van der Waals surface area contributed by atoms with Crippen molar-refractivity contribution in [1.82, 2.24) is 0 Å². The molecule has 1 aliphatic heterocycles. The molecule has 2 aromatic carbocycles. The Bertz CT molecular complexity index is 1090. The van der Waals surface area contributed by atoms with E-state index in [9.17, 15) is 14.4 Å². The van der Waals surface area contributed by atoms with Gasteiger partial charge in [-0.2, -0.15) is 0 Å². The van der Waals surface area contributed by atoms with E-state index in [4.69, 9.17) is 9.47 Å². The molecule has 1 N–H and O–H groups in total. The molecule has 1 saturated carbocycles. The van der Waals surface area contributed by atoms with Crippen molar-refractivity contribution in [3.8, 4) is 11.5 Å². The minimum atomic E-state index is -0.369. The second-order valence-corrected chi connectivity index (χ2v) is 8.08. The number of rotatable bonds is 5. The summed E-state index contributed by atoms with van der Waals surface area (Å²) in [5, 5.41) is 2.82. The van der Waals surface area contributed by atoms with E-state index in [1.54, 1.807) is 49.6 Å². The van der Waals surface area contributed by atoms with Crippen molar-refractivity contribution in [3.05, 3.63) is 60.2 Å². The molecule has 0 aromatic heterocycles. The molecule has 2 fully saturated rings. The summed E-state index contributed by atoms with van der Waals surface area (Å²) in [5.74, 6) is 0.110. The van der Waals surface area contributed by atoms with Gasteiger partial charge in [-0.15, -0.1) is 0 Å². The van der Waals surface area contributed by atoms with Gasteiger partial charge in [0.15, 0.2) is 0 Å². The van der Waals surface area contributed by atoms with Gasteiger partial charge in [-0.05, 0) is 48.6 Å².